The molecule has 0 bridgehead atoms. The highest BCUT2D eigenvalue weighted by atomic mass is 79.9. The summed E-state index contributed by atoms with van der Waals surface area (Å²) < 4.78 is 19.5. The van der Waals surface area contributed by atoms with Gasteiger partial charge < -0.3 is 9.84 Å². The van der Waals surface area contributed by atoms with E-state index in [2.05, 4.69) is 15.9 Å². The summed E-state index contributed by atoms with van der Waals surface area (Å²) in [6.45, 7) is 0.949. The minimum Gasteiger partial charge on any atom is -0.385 e. The van der Waals surface area contributed by atoms with E-state index in [4.69, 9.17) is 4.74 Å². The molecule has 4 heteroatoms. The molecule has 0 spiro atoms. The second-order valence-electron chi connectivity index (χ2n) is 3.77. The maximum absolute atomic E-state index is 13.6. The van der Waals surface area contributed by atoms with E-state index in [9.17, 15) is 9.50 Å². The Morgan fingerprint density at radius 1 is 1.33 bits per heavy atom. The number of aliphatic hydroxyl groups is 1. The van der Waals surface area contributed by atoms with Crippen LogP contribution in [0.4, 0.5) is 4.39 Å². The Labute approximate surface area is 96.2 Å². The maximum atomic E-state index is 13.6. The Balaban J connectivity index is 2.38. The number of halogens is 2. The molecule has 15 heavy (non-hydrogen) atoms. The van der Waals surface area contributed by atoms with Crippen molar-refractivity contribution < 1.29 is 14.2 Å². The summed E-state index contributed by atoms with van der Waals surface area (Å²) in [5.41, 5.74) is -0.716. The quantitative estimate of drug-likeness (QED) is 0.853. The van der Waals surface area contributed by atoms with Gasteiger partial charge in [0, 0.05) is 36.1 Å². The monoisotopic (exact) mass is 274 g/mol. The van der Waals surface area contributed by atoms with Crippen molar-refractivity contribution in [3.63, 3.8) is 0 Å². The van der Waals surface area contributed by atoms with Crippen molar-refractivity contribution >= 4 is 15.9 Å². The first-order valence-corrected chi connectivity index (χ1v) is 5.67. The maximum Gasteiger partial charge on any atom is 0.129 e. The van der Waals surface area contributed by atoms with Crippen LogP contribution in [0.1, 0.15) is 18.4 Å². The standard InChI is InChI=1S/C11H12BrFO2/c12-8-1-2-10(13)9(7-8)11(14)3-5-15-6-4-11/h1-2,7,14H,3-6H2. The number of ether oxygens (including phenoxy) is 1. The first-order valence-electron chi connectivity index (χ1n) is 4.87. The molecule has 1 aliphatic rings. The van der Waals surface area contributed by atoms with Crippen LogP contribution in [0.15, 0.2) is 22.7 Å². The third-order valence-electron chi connectivity index (χ3n) is 2.75. The van der Waals surface area contributed by atoms with Crippen molar-refractivity contribution in [3.05, 3.63) is 34.1 Å². The van der Waals surface area contributed by atoms with E-state index in [0.29, 0.717) is 31.6 Å². The van der Waals surface area contributed by atoms with Crippen molar-refractivity contribution in [3.8, 4) is 0 Å². The van der Waals surface area contributed by atoms with Gasteiger partial charge in [0.2, 0.25) is 0 Å². The van der Waals surface area contributed by atoms with Gasteiger partial charge >= 0.3 is 0 Å². The Kier molecular flexibility index (Phi) is 3.09. The molecular weight excluding hydrogens is 263 g/mol. The van der Waals surface area contributed by atoms with Crippen LogP contribution < -0.4 is 0 Å². The van der Waals surface area contributed by atoms with Crippen LogP contribution in [0, 0.1) is 5.82 Å². The predicted octanol–water partition coefficient (Wildman–Crippen LogP) is 2.59. The molecule has 1 N–H and O–H groups in total. The molecule has 0 atom stereocenters. The van der Waals surface area contributed by atoms with Gasteiger partial charge in [0.15, 0.2) is 0 Å². The molecule has 1 aromatic carbocycles. The summed E-state index contributed by atoms with van der Waals surface area (Å²) in [6, 6.07) is 4.63. The molecule has 0 amide bonds. The van der Waals surface area contributed by atoms with Gasteiger partial charge in [-0.2, -0.15) is 0 Å². The Morgan fingerprint density at radius 3 is 2.67 bits per heavy atom. The first-order chi connectivity index (χ1) is 7.12. The Morgan fingerprint density at radius 2 is 2.00 bits per heavy atom. The molecule has 0 aromatic heterocycles. The van der Waals surface area contributed by atoms with Crippen LogP contribution in [0.5, 0.6) is 0 Å². The lowest BCUT2D eigenvalue weighted by Crippen LogP contribution is -2.34. The molecule has 2 rings (SSSR count). The highest BCUT2D eigenvalue weighted by Crippen LogP contribution is 2.34. The minimum absolute atomic E-state index is 0.359. The molecule has 82 valence electrons. The molecule has 1 saturated heterocycles. The van der Waals surface area contributed by atoms with Gasteiger partial charge in [-0.3, -0.25) is 0 Å². The zero-order chi connectivity index (χ0) is 10.9. The molecule has 1 fully saturated rings. The van der Waals surface area contributed by atoms with Crippen LogP contribution in [0.25, 0.3) is 0 Å². The predicted molar refractivity (Wildman–Crippen MR) is 58.0 cm³/mol. The first kappa shape index (κ1) is 11.0. The fourth-order valence-electron chi connectivity index (χ4n) is 1.83. The van der Waals surface area contributed by atoms with Crippen molar-refractivity contribution in [1.82, 2.24) is 0 Å². The van der Waals surface area contributed by atoms with E-state index in [1.165, 1.54) is 6.07 Å². The third-order valence-corrected chi connectivity index (χ3v) is 3.24. The number of hydrogen-bond donors (Lipinski definition) is 1. The molecular formula is C11H12BrFO2. The summed E-state index contributed by atoms with van der Waals surface area (Å²) in [6.07, 6.45) is 0.890. The fraction of sp³-hybridized carbons (Fsp3) is 0.455. The number of rotatable bonds is 1. The summed E-state index contributed by atoms with van der Waals surface area (Å²) in [4.78, 5) is 0. The fourth-order valence-corrected chi connectivity index (χ4v) is 2.19. The van der Waals surface area contributed by atoms with Crippen LogP contribution in [0.2, 0.25) is 0 Å². The summed E-state index contributed by atoms with van der Waals surface area (Å²) in [7, 11) is 0. The highest BCUT2D eigenvalue weighted by Gasteiger charge is 2.34. The van der Waals surface area contributed by atoms with E-state index in [-0.39, 0.29) is 5.82 Å². The van der Waals surface area contributed by atoms with Crippen LogP contribution in [-0.2, 0) is 10.3 Å². The lowest BCUT2D eigenvalue weighted by molar-refractivity contribution is -0.0698. The molecule has 0 aliphatic carbocycles. The average molecular weight is 275 g/mol. The highest BCUT2D eigenvalue weighted by molar-refractivity contribution is 9.10. The second kappa shape index (κ2) is 4.20. The van der Waals surface area contributed by atoms with Gasteiger partial charge in [-0.05, 0) is 18.2 Å². The van der Waals surface area contributed by atoms with Crippen molar-refractivity contribution in [2.75, 3.05) is 13.2 Å². The zero-order valence-corrected chi connectivity index (χ0v) is 9.76. The molecule has 0 radical (unpaired) electrons. The van der Waals surface area contributed by atoms with Crippen molar-refractivity contribution in [1.29, 1.82) is 0 Å². The van der Waals surface area contributed by atoms with Crippen LogP contribution >= 0.6 is 15.9 Å². The number of benzene rings is 1. The summed E-state index contributed by atoms with van der Waals surface area (Å²) >= 11 is 3.28. The average Bonchev–Trinajstić information content (AvgIpc) is 2.23. The van der Waals surface area contributed by atoms with Crippen molar-refractivity contribution in [2.45, 2.75) is 18.4 Å². The molecule has 1 aromatic rings. The van der Waals surface area contributed by atoms with Gasteiger partial charge in [0.1, 0.15) is 5.82 Å². The topological polar surface area (TPSA) is 29.5 Å². The van der Waals surface area contributed by atoms with Gasteiger partial charge in [0.25, 0.3) is 0 Å². The largest absolute Gasteiger partial charge is 0.385 e. The van der Waals surface area contributed by atoms with E-state index in [0.717, 1.165) is 4.47 Å². The lowest BCUT2D eigenvalue weighted by Gasteiger charge is -2.32. The summed E-state index contributed by atoms with van der Waals surface area (Å²) in [5, 5.41) is 10.3. The zero-order valence-electron chi connectivity index (χ0n) is 8.17. The van der Waals surface area contributed by atoms with Gasteiger partial charge in [0.05, 0.1) is 5.60 Å². The van der Waals surface area contributed by atoms with Gasteiger partial charge in [-0.15, -0.1) is 0 Å². The normalized spacial score (nSPS) is 20.2. The smallest absolute Gasteiger partial charge is 0.129 e. The SMILES string of the molecule is OC1(c2cc(Br)ccc2F)CCOCC1. The third kappa shape index (κ3) is 2.22. The number of hydrogen-bond acceptors (Lipinski definition) is 2. The second-order valence-corrected chi connectivity index (χ2v) is 4.68. The van der Waals surface area contributed by atoms with E-state index in [1.54, 1.807) is 12.1 Å². The molecule has 0 saturated carbocycles. The Hall–Kier alpha value is -0.450. The minimum atomic E-state index is -1.08. The molecule has 1 heterocycles. The summed E-state index contributed by atoms with van der Waals surface area (Å²) in [5.74, 6) is -0.359. The van der Waals surface area contributed by atoms with Gasteiger partial charge in [-0.1, -0.05) is 15.9 Å². The molecule has 1 aliphatic heterocycles. The van der Waals surface area contributed by atoms with E-state index < -0.39 is 5.60 Å². The molecule has 0 unspecified atom stereocenters. The lowest BCUT2D eigenvalue weighted by atomic mass is 9.86. The van der Waals surface area contributed by atoms with E-state index in [1.807, 2.05) is 0 Å². The van der Waals surface area contributed by atoms with E-state index >= 15 is 0 Å². The van der Waals surface area contributed by atoms with Gasteiger partial charge in [-0.25, -0.2) is 4.39 Å². The van der Waals surface area contributed by atoms with Crippen LogP contribution in [0.3, 0.4) is 0 Å². The van der Waals surface area contributed by atoms with Crippen molar-refractivity contribution in [2.24, 2.45) is 0 Å². The molecule has 2 nitrogen and oxygen atoms in total. The Bertz CT molecular complexity index is 362. The van der Waals surface area contributed by atoms with Crippen LogP contribution in [-0.4, -0.2) is 18.3 Å².